The van der Waals surface area contributed by atoms with E-state index in [1.54, 1.807) is 17.3 Å². The lowest BCUT2D eigenvalue weighted by Crippen LogP contribution is -2.37. The zero-order valence-corrected chi connectivity index (χ0v) is 17.7. The van der Waals surface area contributed by atoms with Crippen molar-refractivity contribution in [1.29, 1.82) is 0 Å². The Balaban J connectivity index is 0.00000196. The number of rotatable bonds is 7. The van der Waals surface area contributed by atoms with Gasteiger partial charge in [-0.15, -0.1) is 24.8 Å². The highest BCUT2D eigenvalue weighted by molar-refractivity contribution is 5.96. The van der Waals surface area contributed by atoms with Crippen molar-refractivity contribution in [3.8, 4) is 0 Å². The summed E-state index contributed by atoms with van der Waals surface area (Å²) < 4.78 is 1.86. The van der Waals surface area contributed by atoms with Crippen molar-refractivity contribution in [3.05, 3.63) is 59.9 Å². The lowest BCUT2D eigenvalue weighted by atomic mass is 10.1. The number of carbonyl (C=O) groups excluding carboxylic acids is 1. The molecule has 28 heavy (non-hydrogen) atoms. The van der Waals surface area contributed by atoms with Gasteiger partial charge in [0.05, 0.1) is 11.8 Å². The summed E-state index contributed by atoms with van der Waals surface area (Å²) >= 11 is 0. The molecule has 0 radical (unpaired) electrons. The first-order chi connectivity index (χ1) is 12.6. The van der Waals surface area contributed by atoms with Gasteiger partial charge in [-0.1, -0.05) is 30.3 Å². The SMILES string of the molecule is CC(C)n1ncc2cc(C(=O)N(CCN)CCc3ccccc3)cnc21.Cl.Cl. The van der Waals surface area contributed by atoms with Crippen LogP contribution in [0.3, 0.4) is 0 Å². The number of carbonyl (C=O) groups is 1. The second-order valence-corrected chi connectivity index (χ2v) is 6.64. The molecular formula is C20H27Cl2N5O. The lowest BCUT2D eigenvalue weighted by Gasteiger charge is -2.22. The van der Waals surface area contributed by atoms with Crippen LogP contribution in [0.25, 0.3) is 11.0 Å². The number of fused-ring (bicyclic) bond motifs is 1. The van der Waals surface area contributed by atoms with Gasteiger partial charge in [0.1, 0.15) is 0 Å². The molecule has 0 saturated heterocycles. The summed E-state index contributed by atoms with van der Waals surface area (Å²) in [7, 11) is 0. The monoisotopic (exact) mass is 423 g/mol. The molecule has 6 nitrogen and oxygen atoms in total. The first-order valence-electron chi connectivity index (χ1n) is 8.96. The topological polar surface area (TPSA) is 77.0 Å². The van der Waals surface area contributed by atoms with Crippen LogP contribution < -0.4 is 5.73 Å². The molecular weight excluding hydrogens is 397 g/mol. The van der Waals surface area contributed by atoms with Crippen LogP contribution in [0.4, 0.5) is 0 Å². The highest BCUT2D eigenvalue weighted by Crippen LogP contribution is 2.17. The smallest absolute Gasteiger partial charge is 0.255 e. The van der Waals surface area contributed by atoms with Crippen molar-refractivity contribution in [2.24, 2.45) is 5.73 Å². The van der Waals surface area contributed by atoms with Crippen LogP contribution >= 0.6 is 24.8 Å². The Bertz CT molecular complexity index is 883. The van der Waals surface area contributed by atoms with Gasteiger partial charge < -0.3 is 10.6 Å². The van der Waals surface area contributed by atoms with E-state index in [0.717, 1.165) is 17.5 Å². The Morgan fingerprint density at radius 1 is 1.14 bits per heavy atom. The second kappa shape index (κ2) is 11.0. The molecule has 3 rings (SSSR count). The predicted molar refractivity (Wildman–Crippen MR) is 118 cm³/mol. The number of hydrogen-bond donors (Lipinski definition) is 1. The molecule has 0 fully saturated rings. The largest absolute Gasteiger partial charge is 0.337 e. The number of amides is 1. The van der Waals surface area contributed by atoms with Gasteiger partial charge in [0.15, 0.2) is 5.65 Å². The molecule has 2 heterocycles. The zero-order chi connectivity index (χ0) is 18.5. The van der Waals surface area contributed by atoms with Crippen molar-refractivity contribution in [3.63, 3.8) is 0 Å². The van der Waals surface area contributed by atoms with Gasteiger partial charge in [-0.05, 0) is 31.9 Å². The maximum atomic E-state index is 12.9. The molecule has 0 aliphatic rings. The van der Waals surface area contributed by atoms with E-state index in [9.17, 15) is 4.79 Å². The van der Waals surface area contributed by atoms with E-state index in [4.69, 9.17) is 5.73 Å². The second-order valence-electron chi connectivity index (χ2n) is 6.64. The van der Waals surface area contributed by atoms with E-state index < -0.39 is 0 Å². The van der Waals surface area contributed by atoms with Gasteiger partial charge in [0.25, 0.3) is 5.91 Å². The fourth-order valence-corrected chi connectivity index (χ4v) is 3.00. The number of pyridine rings is 1. The summed E-state index contributed by atoms with van der Waals surface area (Å²) in [5, 5.41) is 5.24. The van der Waals surface area contributed by atoms with E-state index in [1.165, 1.54) is 5.56 Å². The van der Waals surface area contributed by atoms with Gasteiger partial charge in [-0.2, -0.15) is 5.10 Å². The average molecular weight is 424 g/mol. The van der Waals surface area contributed by atoms with Crippen molar-refractivity contribution in [2.45, 2.75) is 26.3 Å². The maximum absolute atomic E-state index is 12.9. The molecule has 0 aliphatic heterocycles. The number of benzene rings is 1. The first-order valence-corrected chi connectivity index (χ1v) is 8.96. The minimum Gasteiger partial charge on any atom is -0.337 e. The fourth-order valence-electron chi connectivity index (χ4n) is 3.00. The third-order valence-electron chi connectivity index (χ3n) is 4.37. The van der Waals surface area contributed by atoms with Crippen molar-refractivity contribution >= 4 is 41.8 Å². The minimum atomic E-state index is -0.0434. The van der Waals surface area contributed by atoms with Crippen molar-refractivity contribution in [2.75, 3.05) is 19.6 Å². The Morgan fingerprint density at radius 3 is 2.50 bits per heavy atom. The summed E-state index contributed by atoms with van der Waals surface area (Å²) in [4.78, 5) is 19.2. The van der Waals surface area contributed by atoms with Crippen LogP contribution in [0.5, 0.6) is 0 Å². The molecule has 2 aromatic heterocycles. The van der Waals surface area contributed by atoms with E-state index in [-0.39, 0.29) is 36.8 Å². The summed E-state index contributed by atoms with van der Waals surface area (Å²) in [5.74, 6) is -0.0434. The normalized spacial score (nSPS) is 10.4. The highest BCUT2D eigenvalue weighted by atomic mass is 35.5. The van der Waals surface area contributed by atoms with Crippen LogP contribution in [0.2, 0.25) is 0 Å². The molecule has 0 aliphatic carbocycles. The van der Waals surface area contributed by atoms with Crippen molar-refractivity contribution < 1.29 is 4.79 Å². The standard InChI is InChI=1S/C20H25N5O.2ClH/c1-15(2)25-19-17(14-23-25)12-18(13-22-19)20(26)24(11-9-21)10-8-16-6-4-3-5-7-16;;/h3-7,12-15H,8-11,21H2,1-2H3;2*1H. The van der Waals surface area contributed by atoms with Crippen molar-refractivity contribution in [1.82, 2.24) is 19.7 Å². The van der Waals surface area contributed by atoms with Gasteiger partial charge in [-0.25, -0.2) is 9.67 Å². The van der Waals surface area contributed by atoms with Crippen LogP contribution in [-0.4, -0.2) is 45.2 Å². The first kappa shape index (κ1) is 23.9. The van der Waals surface area contributed by atoms with Crippen LogP contribution in [0.15, 0.2) is 48.8 Å². The third kappa shape index (κ3) is 5.44. The number of nitrogens with zero attached hydrogens (tertiary/aromatic N) is 4. The molecule has 0 spiro atoms. The lowest BCUT2D eigenvalue weighted by molar-refractivity contribution is 0.0762. The average Bonchev–Trinajstić information content (AvgIpc) is 3.09. The summed E-state index contributed by atoms with van der Waals surface area (Å²) in [6.07, 6.45) is 4.20. The summed E-state index contributed by atoms with van der Waals surface area (Å²) in [5.41, 5.74) is 8.29. The van der Waals surface area contributed by atoms with Gasteiger partial charge in [0.2, 0.25) is 0 Å². The molecule has 152 valence electrons. The Morgan fingerprint density at radius 2 is 1.86 bits per heavy atom. The Labute approximate surface area is 177 Å². The quantitative estimate of drug-likeness (QED) is 0.630. The molecule has 8 heteroatoms. The Kier molecular flexibility index (Phi) is 9.38. The fraction of sp³-hybridized carbons (Fsp3) is 0.350. The van der Waals surface area contributed by atoms with E-state index in [1.807, 2.05) is 28.9 Å². The number of halogens is 2. The van der Waals surface area contributed by atoms with Gasteiger partial charge in [-0.3, -0.25) is 4.79 Å². The van der Waals surface area contributed by atoms with Crippen LogP contribution in [-0.2, 0) is 6.42 Å². The summed E-state index contributed by atoms with van der Waals surface area (Å²) in [6.45, 7) is 5.69. The number of nitrogens with two attached hydrogens (primary N) is 1. The molecule has 0 unspecified atom stereocenters. The third-order valence-corrected chi connectivity index (χ3v) is 4.37. The van der Waals surface area contributed by atoms with Gasteiger partial charge >= 0.3 is 0 Å². The van der Waals surface area contributed by atoms with Crippen LogP contribution in [0, 0.1) is 0 Å². The molecule has 0 saturated carbocycles. The molecule has 1 aromatic carbocycles. The predicted octanol–water partition coefficient (Wildman–Crippen LogP) is 3.50. The zero-order valence-electron chi connectivity index (χ0n) is 16.1. The number of aromatic nitrogens is 3. The maximum Gasteiger partial charge on any atom is 0.255 e. The minimum absolute atomic E-state index is 0. The molecule has 3 aromatic rings. The number of hydrogen-bond acceptors (Lipinski definition) is 4. The molecule has 0 bridgehead atoms. The van der Waals surface area contributed by atoms with E-state index in [0.29, 0.717) is 25.2 Å². The summed E-state index contributed by atoms with van der Waals surface area (Å²) in [6, 6.07) is 12.2. The Hall–Kier alpha value is -2.15. The highest BCUT2D eigenvalue weighted by Gasteiger charge is 2.17. The van der Waals surface area contributed by atoms with E-state index >= 15 is 0 Å². The molecule has 2 N–H and O–H groups in total. The molecule has 1 amide bonds. The van der Waals surface area contributed by atoms with E-state index in [2.05, 4.69) is 36.1 Å². The van der Waals surface area contributed by atoms with Gasteiger partial charge in [0, 0.05) is 37.3 Å². The molecule has 0 atom stereocenters. The van der Waals surface area contributed by atoms with Crippen LogP contribution in [0.1, 0.15) is 35.8 Å².